The number of aliphatic carboxylic acids is 1. The van der Waals surface area contributed by atoms with E-state index in [1.54, 1.807) is 18.1 Å². The molecule has 0 saturated heterocycles. The van der Waals surface area contributed by atoms with Crippen LogP contribution in [0.2, 0.25) is 0 Å². The molecule has 0 saturated carbocycles. The van der Waals surface area contributed by atoms with Crippen molar-refractivity contribution in [3.8, 4) is 0 Å². The number of rotatable bonds is 5. The Kier molecular flexibility index (Phi) is 4.20. The maximum atomic E-state index is 10.8. The molecule has 0 aliphatic heterocycles. The predicted octanol–water partition coefficient (Wildman–Crippen LogP) is -0.0747. The maximum Gasteiger partial charge on any atom is 0.322 e. The molecular formula is C10H15N3O2. The smallest absolute Gasteiger partial charge is 0.322 e. The van der Waals surface area contributed by atoms with E-state index in [0.717, 1.165) is 5.69 Å². The molecule has 5 heteroatoms. The molecule has 3 N–H and O–H groups in total. The van der Waals surface area contributed by atoms with Crippen LogP contribution in [0, 0.1) is 0 Å². The van der Waals surface area contributed by atoms with E-state index in [-0.39, 0.29) is 6.54 Å². The van der Waals surface area contributed by atoms with Crippen molar-refractivity contribution >= 4 is 5.97 Å². The van der Waals surface area contributed by atoms with Gasteiger partial charge in [-0.3, -0.25) is 14.7 Å². The summed E-state index contributed by atoms with van der Waals surface area (Å²) in [5.41, 5.74) is 6.22. The molecule has 5 nitrogen and oxygen atoms in total. The van der Waals surface area contributed by atoms with Crippen molar-refractivity contribution < 1.29 is 9.90 Å². The lowest BCUT2D eigenvalue weighted by Crippen LogP contribution is -2.43. The van der Waals surface area contributed by atoms with Crippen LogP contribution in [0.25, 0.3) is 0 Å². The van der Waals surface area contributed by atoms with E-state index in [4.69, 9.17) is 10.8 Å². The van der Waals surface area contributed by atoms with Crippen LogP contribution in [-0.2, 0) is 11.3 Å². The summed E-state index contributed by atoms with van der Waals surface area (Å²) >= 11 is 0. The summed E-state index contributed by atoms with van der Waals surface area (Å²) in [6.07, 6.45) is 1.68. The van der Waals surface area contributed by atoms with Gasteiger partial charge in [0.15, 0.2) is 0 Å². The van der Waals surface area contributed by atoms with Crippen molar-refractivity contribution in [2.75, 3.05) is 13.6 Å². The number of nitrogens with two attached hydrogens (primary N) is 1. The molecule has 1 unspecified atom stereocenters. The average Bonchev–Trinajstić information content (AvgIpc) is 2.19. The number of aromatic nitrogens is 1. The maximum absolute atomic E-state index is 10.8. The SMILES string of the molecule is CN(Cc1ccccn1)C(CN)C(=O)O. The monoisotopic (exact) mass is 209 g/mol. The standard InChI is InChI=1S/C10H15N3O2/c1-13(9(6-11)10(14)15)7-8-4-2-3-5-12-8/h2-5,9H,6-7,11H2,1H3,(H,14,15). The molecule has 0 aliphatic carbocycles. The lowest BCUT2D eigenvalue weighted by atomic mass is 10.2. The molecule has 1 rings (SSSR count). The van der Waals surface area contributed by atoms with Crippen LogP contribution in [0.4, 0.5) is 0 Å². The Morgan fingerprint density at radius 1 is 1.67 bits per heavy atom. The highest BCUT2D eigenvalue weighted by Crippen LogP contribution is 2.02. The number of pyridine rings is 1. The molecule has 0 aromatic carbocycles. The molecule has 1 heterocycles. The zero-order valence-electron chi connectivity index (χ0n) is 8.63. The first kappa shape index (κ1) is 11.6. The van der Waals surface area contributed by atoms with Gasteiger partial charge in [-0.15, -0.1) is 0 Å². The van der Waals surface area contributed by atoms with Gasteiger partial charge >= 0.3 is 5.97 Å². The van der Waals surface area contributed by atoms with E-state index in [0.29, 0.717) is 6.54 Å². The summed E-state index contributed by atoms with van der Waals surface area (Å²) in [5, 5.41) is 8.88. The van der Waals surface area contributed by atoms with Gasteiger partial charge in [-0.2, -0.15) is 0 Å². The average molecular weight is 209 g/mol. The third-order valence-electron chi connectivity index (χ3n) is 2.18. The van der Waals surface area contributed by atoms with Crippen LogP contribution in [0.5, 0.6) is 0 Å². The number of carboxylic acids is 1. The van der Waals surface area contributed by atoms with Crippen molar-refractivity contribution in [1.29, 1.82) is 0 Å². The van der Waals surface area contributed by atoms with Crippen LogP contribution >= 0.6 is 0 Å². The lowest BCUT2D eigenvalue weighted by molar-refractivity contribution is -0.142. The molecule has 0 aliphatic rings. The number of likely N-dealkylation sites (N-methyl/N-ethyl adjacent to an activating group) is 1. The fourth-order valence-corrected chi connectivity index (χ4v) is 1.33. The molecule has 0 amide bonds. The van der Waals surface area contributed by atoms with E-state index < -0.39 is 12.0 Å². The van der Waals surface area contributed by atoms with E-state index >= 15 is 0 Å². The van der Waals surface area contributed by atoms with Gasteiger partial charge in [0.25, 0.3) is 0 Å². The molecule has 0 spiro atoms. The molecular weight excluding hydrogens is 194 g/mol. The minimum Gasteiger partial charge on any atom is -0.480 e. The molecule has 1 aromatic rings. The second-order valence-electron chi connectivity index (χ2n) is 3.33. The number of carboxylic acid groups (broad SMARTS) is 1. The number of hydrogen-bond donors (Lipinski definition) is 2. The minimum absolute atomic E-state index is 0.0959. The fraction of sp³-hybridized carbons (Fsp3) is 0.400. The van der Waals surface area contributed by atoms with Gasteiger partial charge in [-0.05, 0) is 19.2 Å². The summed E-state index contributed by atoms with van der Waals surface area (Å²) < 4.78 is 0. The van der Waals surface area contributed by atoms with Crippen molar-refractivity contribution in [3.05, 3.63) is 30.1 Å². The molecule has 1 aromatic heterocycles. The Bertz CT molecular complexity index is 316. The Labute approximate surface area is 88.5 Å². The highest BCUT2D eigenvalue weighted by molar-refractivity contribution is 5.73. The summed E-state index contributed by atoms with van der Waals surface area (Å²) in [6.45, 7) is 0.577. The van der Waals surface area contributed by atoms with E-state index in [2.05, 4.69) is 4.98 Å². The molecule has 82 valence electrons. The van der Waals surface area contributed by atoms with Gasteiger partial charge in [-0.1, -0.05) is 6.07 Å². The third kappa shape index (κ3) is 3.30. The molecule has 0 radical (unpaired) electrons. The van der Waals surface area contributed by atoms with Gasteiger partial charge < -0.3 is 10.8 Å². The zero-order chi connectivity index (χ0) is 11.3. The topological polar surface area (TPSA) is 79.5 Å². The molecule has 15 heavy (non-hydrogen) atoms. The first-order valence-electron chi connectivity index (χ1n) is 4.68. The second kappa shape index (κ2) is 5.43. The van der Waals surface area contributed by atoms with Gasteiger partial charge in [-0.25, -0.2) is 0 Å². The summed E-state index contributed by atoms with van der Waals surface area (Å²) in [5.74, 6) is -0.907. The molecule has 1 atom stereocenters. The van der Waals surface area contributed by atoms with Crippen LogP contribution in [0.3, 0.4) is 0 Å². The Morgan fingerprint density at radius 2 is 2.40 bits per heavy atom. The third-order valence-corrected chi connectivity index (χ3v) is 2.18. The number of hydrogen-bond acceptors (Lipinski definition) is 4. The zero-order valence-corrected chi connectivity index (χ0v) is 8.63. The van der Waals surface area contributed by atoms with Gasteiger partial charge in [0.1, 0.15) is 6.04 Å². The van der Waals surface area contributed by atoms with Crippen molar-refractivity contribution in [1.82, 2.24) is 9.88 Å². The first-order valence-corrected chi connectivity index (χ1v) is 4.68. The Hall–Kier alpha value is -1.46. The van der Waals surface area contributed by atoms with E-state index in [1.807, 2.05) is 18.2 Å². The fourth-order valence-electron chi connectivity index (χ4n) is 1.33. The van der Waals surface area contributed by atoms with E-state index in [1.165, 1.54) is 0 Å². The summed E-state index contributed by atoms with van der Waals surface area (Å²) in [7, 11) is 1.72. The van der Waals surface area contributed by atoms with Crippen LogP contribution in [0.1, 0.15) is 5.69 Å². The molecule has 0 bridgehead atoms. The van der Waals surface area contributed by atoms with Gasteiger partial charge in [0, 0.05) is 19.3 Å². The summed E-state index contributed by atoms with van der Waals surface area (Å²) in [6, 6.07) is 4.88. The Morgan fingerprint density at radius 3 is 2.87 bits per heavy atom. The van der Waals surface area contributed by atoms with Gasteiger partial charge in [0.05, 0.1) is 5.69 Å². The van der Waals surface area contributed by atoms with Crippen molar-refractivity contribution in [2.45, 2.75) is 12.6 Å². The van der Waals surface area contributed by atoms with Crippen LogP contribution in [-0.4, -0.2) is 40.6 Å². The van der Waals surface area contributed by atoms with Crippen molar-refractivity contribution in [2.24, 2.45) is 5.73 Å². The Balaban J connectivity index is 2.62. The highest BCUT2D eigenvalue weighted by Gasteiger charge is 2.20. The largest absolute Gasteiger partial charge is 0.480 e. The highest BCUT2D eigenvalue weighted by atomic mass is 16.4. The quantitative estimate of drug-likeness (QED) is 0.709. The number of carbonyl (C=O) groups is 1. The second-order valence-corrected chi connectivity index (χ2v) is 3.33. The first-order chi connectivity index (χ1) is 7.15. The molecule has 0 fully saturated rings. The van der Waals surface area contributed by atoms with Crippen LogP contribution < -0.4 is 5.73 Å². The van der Waals surface area contributed by atoms with E-state index in [9.17, 15) is 4.79 Å². The van der Waals surface area contributed by atoms with Gasteiger partial charge in [0.2, 0.25) is 0 Å². The van der Waals surface area contributed by atoms with Crippen LogP contribution in [0.15, 0.2) is 24.4 Å². The summed E-state index contributed by atoms with van der Waals surface area (Å²) in [4.78, 5) is 16.6. The normalized spacial score (nSPS) is 12.7. The predicted molar refractivity (Wildman–Crippen MR) is 56.2 cm³/mol. The van der Waals surface area contributed by atoms with Crippen molar-refractivity contribution in [3.63, 3.8) is 0 Å². The number of nitrogens with zero attached hydrogens (tertiary/aromatic N) is 2. The lowest BCUT2D eigenvalue weighted by Gasteiger charge is -2.22. The minimum atomic E-state index is -0.907.